The average Bonchev–Trinajstić information content (AvgIpc) is 3.06. The van der Waals surface area contributed by atoms with Crippen molar-refractivity contribution >= 4 is 68.8 Å². The van der Waals surface area contributed by atoms with Crippen LogP contribution in [0, 0.1) is 110 Å². The fourth-order valence-electron chi connectivity index (χ4n) is 2.61. The Bertz CT molecular complexity index is 1110. The van der Waals surface area contributed by atoms with Crippen LogP contribution in [0.25, 0.3) is 0 Å². The van der Waals surface area contributed by atoms with Gasteiger partial charge in [-0.15, -0.1) is 48.4 Å². The van der Waals surface area contributed by atoms with Crippen molar-refractivity contribution < 1.29 is 72.8 Å². The van der Waals surface area contributed by atoms with E-state index >= 15 is 0 Å². The van der Waals surface area contributed by atoms with Gasteiger partial charge in [0.2, 0.25) is 0 Å². The molecule has 0 saturated heterocycles. The Morgan fingerprint density at radius 1 is 0.269 bits per heavy atom. The Kier molecular flexibility index (Phi) is 96.8. The minimum absolute atomic E-state index is 0. The van der Waals surface area contributed by atoms with Gasteiger partial charge in [-0.1, -0.05) is 190 Å². The predicted molar refractivity (Wildman–Crippen MR) is 324 cm³/mol. The smallest absolute Gasteiger partial charge is 0.545 e. The molecule has 3 aromatic carbocycles. The molecule has 3 rings (SSSR count). The quantitative estimate of drug-likeness (QED) is 0.128. The number of benzene rings is 3. The van der Waals surface area contributed by atoms with Crippen molar-refractivity contribution in [2.24, 2.45) is 0 Å². The van der Waals surface area contributed by atoms with Crippen LogP contribution in [-0.4, -0.2) is 68.8 Å². The number of carbonyl (C=O) groups excluding carboxylic acids is 3. The molecule has 0 aliphatic rings. The van der Waals surface area contributed by atoms with Gasteiger partial charge in [0.25, 0.3) is 0 Å². The Hall–Kier alpha value is -0.159. The minimum Gasteiger partial charge on any atom is -0.545 e. The van der Waals surface area contributed by atoms with Crippen LogP contribution < -0.4 is 0 Å². The summed E-state index contributed by atoms with van der Waals surface area (Å²) in [6.07, 6.45) is 0. The van der Waals surface area contributed by atoms with E-state index in [1.807, 2.05) is 54.6 Å². The van der Waals surface area contributed by atoms with Crippen molar-refractivity contribution in [2.45, 2.75) is 166 Å². The molecule has 0 radical (unpaired) electrons. The van der Waals surface area contributed by atoms with Crippen LogP contribution in [0.1, 0.15) is 38.9 Å². The number of rotatable bonds is 0. The topological polar surface area (TPSA) is 51.2 Å². The molecule has 0 aromatic heterocycles. The van der Waals surface area contributed by atoms with Crippen LogP contribution in [0.5, 0.6) is 0 Å². The normalized spacial score (nSPS) is 9.06. The summed E-state index contributed by atoms with van der Waals surface area (Å²) in [6, 6.07) is 22.3. The van der Waals surface area contributed by atoms with Crippen molar-refractivity contribution in [1.29, 1.82) is 0 Å². The van der Waals surface area contributed by atoms with Gasteiger partial charge in [-0.25, -0.2) is 0 Å². The third-order valence-electron chi connectivity index (χ3n) is 4.98. The fourth-order valence-corrected chi connectivity index (χ4v) is 2.61. The molecule has 0 spiro atoms. The SMILES string of the molecule is Cc1c(C)c(C)c(C)c(C)c1C.Cc1ccccc1.[CH-]=O.[CH-]=O.[CH-]=O.[CH2-][Si](C)(C)C.[CH2-][Si](C)(C)C.[CH2-][Si](C)(C)C.[CH2-][Si](C)(C)C.[CH2-][Si](C)(C)C.[CH2-][Si](C)(C)C.[CH3-].[CH3-].[CH3-].[Ru+4].[Ru+4].[Ru+4].c1ccccc1. The number of aryl methyl sites for hydroxylation is 1. The maximum absolute atomic E-state index is 7.75. The third-order valence-corrected chi connectivity index (χ3v) is 4.98. The first-order chi connectivity index (χ1) is 26.9. The molecular formula is C55H110O3Ru3Si6. The van der Waals surface area contributed by atoms with Crippen molar-refractivity contribution in [1.82, 2.24) is 0 Å². The second-order valence-corrected chi connectivity index (χ2v) is 52.7. The summed E-state index contributed by atoms with van der Waals surface area (Å²) >= 11 is 0. The molecule has 0 amide bonds. The summed E-state index contributed by atoms with van der Waals surface area (Å²) in [4.78, 5) is 23.2. The number of hydrogen-bond donors (Lipinski definition) is 0. The van der Waals surface area contributed by atoms with Gasteiger partial charge in [-0.2, -0.15) is 0 Å². The zero-order valence-corrected chi connectivity index (χ0v) is 60.3. The van der Waals surface area contributed by atoms with Crippen molar-refractivity contribution in [3.8, 4) is 0 Å². The van der Waals surface area contributed by atoms with E-state index in [4.69, 9.17) is 14.4 Å². The number of hydrogen-bond acceptors (Lipinski definition) is 3. The maximum atomic E-state index is 7.75. The molecule has 0 bridgehead atoms. The Balaban J connectivity index is -0.0000000347. The second kappa shape index (κ2) is 60.1. The summed E-state index contributed by atoms with van der Waals surface area (Å²) in [5, 5.41) is 0. The third kappa shape index (κ3) is 187. The van der Waals surface area contributed by atoms with E-state index in [-0.39, 0.29) is 80.7 Å². The van der Waals surface area contributed by atoms with Crippen LogP contribution in [-0.2, 0) is 72.8 Å². The van der Waals surface area contributed by atoms with Crippen molar-refractivity contribution in [3.05, 3.63) is 167 Å². The summed E-state index contributed by atoms with van der Waals surface area (Å²) in [7, 11) is -5.17. The average molecular weight is 1290 g/mol. The second-order valence-electron chi connectivity index (χ2n) is 21.9. The summed E-state index contributed by atoms with van der Waals surface area (Å²) in [6.45, 7) is 88.4. The van der Waals surface area contributed by atoms with Gasteiger partial charge in [0, 0.05) is 0 Å². The predicted octanol–water partition coefficient (Wildman–Crippen LogP) is 17.9. The van der Waals surface area contributed by atoms with Crippen LogP contribution in [0.3, 0.4) is 0 Å². The molecule has 0 aliphatic heterocycles. The molecule has 0 heterocycles. The Morgan fingerprint density at radius 2 is 0.343 bits per heavy atom. The molecular weight excluding hydrogens is 1180 g/mol. The molecule has 0 aliphatic carbocycles. The van der Waals surface area contributed by atoms with Gasteiger partial charge in [0.05, 0.1) is 0 Å². The van der Waals surface area contributed by atoms with E-state index in [2.05, 4.69) is 238 Å². The van der Waals surface area contributed by atoms with Gasteiger partial charge in [-0.05, 0) is 81.8 Å². The maximum Gasteiger partial charge on any atom is 4.00 e. The molecule has 0 N–H and O–H groups in total. The van der Waals surface area contributed by atoms with E-state index in [0.29, 0.717) is 0 Å². The first-order valence-corrected chi connectivity index (χ1v) is 43.0. The fraction of sp³-hybridized carbons (Fsp3) is 0.455. The Labute approximate surface area is 471 Å². The van der Waals surface area contributed by atoms with Crippen LogP contribution in [0.15, 0.2) is 66.7 Å². The molecule has 0 unspecified atom stereocenters. The molecule has 3 aromatic rings. The first-order valence-electron chi connectivity index (χ1n) is 20.7. The zero-order valence-electron chi connectivity index (χ0n) is 49.1. The van der Waals surface area contributed by atoms with Crippen LogP contribution >= 0.6 is 0 Å². The Morgan fingerprint density at radius 3 is 0.403 bits per heavy atom. The molecule has 396 valence electrons. The van der Waals surface area contributed by atoms with Gasteiger partial charge in [0.15, 0.2) is 0 Å². The molecule has 67 heavy (non-hydrogen) atoms. The minimum atomic E-state index is -0.861. The summed E-state index contributed by atoms with van der Waals surface area (Å²) < 4.78 is 0. The van der Waals surface area contributed by atoms with Crippen LogP contribution in [0.4, 0.5) is 0 Å². The molecule has 0 atom stereocenters. The molecule has 0 saturated carbocycles. The standard InChI is InChI=1S/C12H18.C7H8.C6H6.6C4H11Si.3CHO.3CH3.3Ru/c1-7-8(2)10(4)12(6)11(5)9(7)3;1-7-5-3-2-4-6-7;1-2-4-6-5-3-1;6*1-5(2,3)4;3*1-2;;;;;;/h1-6H3;2-6H,1H3;1-6H;6*1H2,2-4H3;3*1H;3*1H3;;;/q;;;12*-1;3*+4. The van der Waals surface area contributed by atoms with Gasteiger partial charge < -0.3 is 75.9 Å². The van der Waals surface area contributed by atoms with E-state index < -0.39 is 48.4 Å². The summed E-state index contributed by atoms with van der Waals surface area (Å²) in [5.41, 5.74) is 10.0. The van der Waals surface area contributed by atoms with E-state index in [1.54, 1.807) is 0 Å². The van der Waals surface area contributed by atoms with E-state index in [0.717, 1.165) is 0 Å². The zero-order chi connectivity index (χ0) is 51.8. The molecule has 12 heteroatoms. The van der Waals surface area contributed by atoms with Gasteiger partial charge >= 0.3 is 58.4 Å². The van der Waals surface area contributed by atoms with E-state index in [1.165, 1.54) is 38.9 Å². The largest absolute Gasteiger partial charge is 4.00 e. The monoisotopic (exact) mass is 1290 g/mol. The molecule has 3 nitrogen and oxygen atoms in total. The van der Waals surface area contributed by atoms with Gasteiger partial charge in [-0.3, -0.25) is 20.4 Å². The van der Waals surface area contributed by atoms with Gasteiger partial charge in [0.1, 0.15) is 0 Å². The molecule has 0 fully saturated rings. The van der Waals surface area contributed by atoms with Crippen molar-refractivity contribution in [3.63, 3.8) is 0 Å². The first kappa shape index (κ1) is 108. The van der Waals surface area contributed by atoms with Crippen molar-refractivity contribution in [2.75, 3.05) is 0 Å². The van der Waals surface area contributed by atoms with Crippen LogP contribution in [0.2, 0.25) is 118 Å². The summed E-state index contributed by atoms with van der Waals surface area (Å²) in [5.74, 6) is 0. The van der Waals surface area contributed by atoms with E-state index in [9.17, 15) is 0 Å².